The van der Waals surface area contributed by atoms with Crippen LogP contribution in [0.3, 0.4) is 0 Å². The largest absolute Gasteiger partial charge is 0.326 e. The summed E-state index contributed by atoms with van der Waals surface area (Å²) in [4.78, 5) is 24.1. The molecule has 1 aliphatic heterocycles. The van der Waals surface area contributed by atoms with Crippen molar-refractivity contribution in [1.29, 1.82) is 0 Å². The van der Waals surface area contributed by atoms with E-state index in [0.29, 0.717) is 6.42 Å². The van der Waals surface area contributed by atoms with Gasteiger partial charge in [0.05, 0.1) is 0 Å². The lowest BCUT2D eigenvalue weighted by molar-refractivity contribution is -0.120. The van der Waals surface area contributed by atoms with Crippen LogP contribution < -0.4 is 16.0 Å². The zero-order chi connectivity index (χ0) is 16.7. The Labute approximate surface area is 150 Å². The summed E-state index contributed by atoms with van der Waals surface area (Å²) in [6.45, 7) is 5.81. The monoisotopic (exact) mass is 353 g/mol. The van der Waals surface area contributed by atoms with E-state index < -0.39 is 0 Å². The molecule has 0 atom stereocenters. The van der Waals surface area contributed by atoms with Crippen molar-refractivity contribution in [2.24, 2.45) is 5.92 Å². The number of rotatable bonds is 6. The Kier molecular flexibility index (Phi) is 8.79. The first kappa shape index (κ1) is 20.5. The number of piperidine rings is 1. The van der Waals surface area contributed by atoms with E-state index in [4.69, 9.17) is 0 Å². The SMILES string of the molecule is CCCCC(=O)Nc1ccc(NC(=O)C2CCNCC2)cc1C.Cl. The van der Waals surface area contributed by atoms with Crippen LogP contribution in [-0.4, -0.2) is 24.9 Å². The van der Waals surface area contributed by atoms with E-state index >= 15 is 0 Å². The number of halogens is 1. The van der Waals surface area contributed by atoms with Gasteiger partial charge in [-0.2, -0.15) is 0 Å². The second kappa shape index (κ2) is 10.3. The van der Waals surface area contributed by atoms with Crippen molar-refractivity contribution in [3.05, 3.63) is 23.8 Å². The summed E-state index contributed by atoms with van der Waals surface area (Å²) >= 11 is 0. The summed E-state index contributed by atoms with van der Waals surface area (Å²) in [7, 11) is 0. The normalized spacial score (nSPS) is 14.6. The number of carbonyl (C=O) groups excluding carboxylic acids is 2. The molecule has 1 heterocycles. The number of unbranched alkanes of at least 4 members (excludes halogenated alkanes) is 1. The summed E-state index contributed by atoms with van der Waals surface area (Å²) in [5.74, 6) is 0.219. The Bertz CT molecular complexity index is 557. The second-order valence-electron chi connectivity index (χ2n) is 6.19. The van der Waals surface area contributed by atoms with Gasteiger partial charge in [0, 0.05) is 23.7 Å². The van der Waals surface area contributed by atoms with Crippen LogP contribution >= 0.6 is 12.4 Å². The summed E-state index contributed by atoms with van der Waals surface area (Å²) in [5.41, 5.74) is 2.56. The van der Waals surface area contributed by atoms with Crippen molar-refractivity contribution in [3.8, 4) is 0 Å². The zero-order valence-corrected chi connectivity index (χ0v) is 15.3. The van der Waals surface area contributed by atoms with Gasteiger partial charge >= 0.3 is 0 Å². The average molecular weight is 354 g/mol. The van der Waals surface area contributed by atoms with E-state index in [1.165, 1.54) is 0 Å². The minimum absolute atomic E-state index is 0. The van der Waals surface area contributed by atoms with Gasteiger partial charge in [-0.25, -0.2) is 0 Å². The van der Waals surface area contributed by atoms with Crippen LogP contribution in [0.2, 0.25) is 0 Å². The van der Waals surface area contributed by atoms with Crippen LogP contribution in [0.15, 0.2) is 18.2 Å². The molecule has 134 valence electrons. The molecule has 2 amide bonds. The van der Waals surface area contributed by atoms with Crippen molar-refractivity contribution in [3.63, 3.8) is 0 Å². The number of benzene rings is 1. The minimum atomic E-state index is 0. The van der Waals surface area contributed by atoms with Gasteiger partial charge in [0.2, 0.25) is 11.8 Å². The molecular weight excluding hydrogens is 326 g/mol. The van der Waals surface area contributed by atoms with E-state index in [1.807, 2.05) is 25.1 Å². The molecule has 0 saturated carbocycles. The molecule has 2 rings (SSSR count). The topological polar surface area (TPSA) is 70.2 Å². The molecule has 0 aromatic heterocycles. The highest BCUT2D eigenvalue weighted by molar-refractivity contribution is 5.94. The summed E-state index contributed by atoms with van der Waals surface area (Å²) in [6.07, 6.45) is 4.22. The first-order valence-electron chi connectivity index (χ1n) is 8.52. The van der Waals surface area contributed by atoms with Crippen LogP contribution in [0, 0.1) is 12.8 Å². The van der Waals surface area contributed by atoms with Crippen molar-refractivity contribution >= 4 is 35.6 Å². The molecule has 3 N–H and O–H groups in total. The highest BCUT2D eigenvalue weighted by Crippen LogP contribution is 2.22. The molecule has 1 aliphatic rings. The first-order valence-corrected chi connectivity index (χ1v) is 8.52. The Morgan fingerprint density at radius 2 is 1.92 bits per heavy atom. The Balaban J connectivity index is 0.00000288. The van der Waals surface area contributed by atoms with Gasteiger partial charge in [-0.15, -0.1) is 12.4 Å². The predicted molar refractivity (Wildman–Crippen MR) is 101 cm³/mol. The highest BCUT2D eigenvalue weighted by Gasteiger charge is 2.20. The van der Waals surface area contributed by atoms with Gasteiger partial charge in [-0.05, 0) is 63.0 Å². The number of anilines is 2. The molecule has 0 spiro atoms. The average Bonchev–Trinajstić information content (AvgIpc) is 2.56. The summed E-state index contributed by atoms with van der Waals surface area (Å²) in [5, 5.41) is 9.18. The Hall–Kier alpha value is -1.59. The molecule has 24 heavy (non-hydrogen) atoms. The van der Waals surface area contributed by atoms with Crippen LogP contribution in [-0.2, 0) is 9.59 Å². The maximum Gasteiger partial charge on any atom is 0.227 e. The molecule has 0 radical (unpaired) electrons. The second-order valence-corrected chi connectivity index (χ2v) is 6.19. The smallest absolute Gasteiger partial charge is 0.227 e. The van der Waals surface area contributed by atoms with E-state index in [9.17, 15) is 9.59 Å². The molecule has 6 heteroatoms. The number of aryl methyl sites for hydroxylation is 1. The number of hydrogen-bond acceptors (Lipinski definition) is 3. The van der Waals surface area contributed by atoms with E-state index in [1.54, 1.807) is 0 Å². The van der Waals surface area contributed by atoms with Gasteiger partial charge in [-0.1, -0.05) is 13.3 Å². The third-order valence-electron chi connectivity index (χ3n) is 4.24. The van der Waals surface area contributed by atoms with Crippen molar-refractivity contribution in [2.75, 3.05) is 23.7 Å². The molecule has 1 aromatic rings. The van der Waals surface area contributed by atoms with Crippen LogP contribution in [0.25, 0.3) is 0 Å². The van der Waals surface area contributed by atoms with Gasteiger partial charge in [0.15, 0.2) is 0 Å². The van der Waals surface area contributed by atoms with Crippen LogP contribution in [0.5, 0.6) is 0 Å². The van der Waals surface area contributed by atoms with Crippen molar-refractivity contribution < 1.29 is 9.59 Å². The van der Waals surface area contributed by atoms with E-state index in [0.717, 1.165) is 55.7 Å². The molecule has 5 nitrogen and oxygen atoms in total. The van der Waals surface area contributed by atoms with Gasteiger partial charge in [-0.3, -0.25) is 9.59 Å². The molecular formula is C18H28ClN3O2. The lowest BCUT2D eigenvalue weighted by Crippen LogP contribution is -2.34. The number of nitrogens with one attached hydrogen (secondary N) is 3. The Morgan fingerprint density at radius 3 is 2.54 bits per heavy atom. The number of carbonyl (C=O) groups is 2. The lowest BCUT2D eigenvalue weighted by Gasteiger charge is -2.22. The third kappa shape index (κ3) is 6.13. The first-order chi connectivity index (χ1) is 11.1. The summed E-state index contributed by atoms with van der Waals surface area (Å²) < 4.78 is 0. The molecule has 1 aromatic carbocycles. The zero-order valence-electron chi connectivity index (χ0n) is 14.5. The molecule has 1 fully saturated rings. The predicted octanol–water partition coefficient (Wildman–Crippen LogP) is 3.48. The minimum Gasteiger partial charge on any atom is -0.326 e. The fourth-order valence-corrected chi connectivity index (χ4v) is 2.76. The highest BCUT2D eigenvalue weighted by atomic mass is 35.5. The van der Waals surface area contributed by atoms with Crippen LogP contribution in [0.4, 0.5) is 11.4 Å². The van der Waals surface area contributed by atoms with Gasteiger partial charge in [0.1, 0.15) is 0 Å². The quantitative estimate of drug-likeness (QED) is 0.733. The van der Waals surface area contributed by atoms with Crippen LogP contribution in [0.1, 0.15) is 44.6 Å². The fourth-order valence-electron chi connectivity index (χ4n) is 2.76. The molecule has 0 bridgehead atoms. The van der Waals surface area contributed by atoms with E-state index in [-0.39, 0.29) is 30.1 Å². The summed E-state index contributed by atoms with van der Waals surface area (Å²) in [6, 6.07) is 5.62. The lowest BCUT2D eigenvalue weighted by atomic mass is 9.97. The molecule has 0 unspecified atom stereocenters. The van der Waals surface area contributed by atoms with Gasteiger partial charge in [0.25, 0.3) is 0 Å². The van der Waals surface area contributed by atoms with Crippen molar-refractivity contribution in [1.82, 2.24) is 5.32 Å². The fraction of sp³-hybridized carbons (Fsp3) is 0.556. The maximum atomic E-state index is 12.3. The number of amides is 2. The molecule has 1 saturated heterocycles. The van der Waals surface area contributed by atoms with E-state index in [2.05, 4.69) is 22.9 Å². The van der Waals surface area contributed by atoms with Crippen molar-refractivity contribution in [2.45, 2.75) is 46.0 Å². The maximum absolute atomic E-state index is 12.3. The third-order valence-corrected chi connectivity index (χ3v) is 4.24. The Morgan fingerprint density at radius 1 is 1.21 bits per heavy atom. The molecule has 0 aliphatic carbocycles. The number of hydrogen-bond donors (Lipinski definition) is 3. The van der Waals surface area contributed by atoms with Gasteiger partial charge < -0.3 is 16.0 Å². The standard InChI is InChI=1S/C18H27N3O2.ClH/c1-3-4-5-17(22)21-16-7-6-15(12-13(16)2)20-18(23)14-8-10-19-11-9-14;/h6-7,12,14,19H,3-5,8-11H2,1-2H3,(H,20,23)(H,21,22);1H.